The molecule has 2 amide bonds. The summed E-state index contributed by atoms with van der Waals surface area (Å²) in [7, 11) is 0. The molecule has 1 unspecified atom stereocenters. The molecule has 4 saturated carbocycles. The zero-order chi connectivity index (χ0) is 30.3. The van der Waals surface area contributed by atoms with Gasteiger partial charge in [0.15, 0.2) is 0 Å². The Bertz CT molecular complexity index is 1080. The molecular weight excluding hydrogens is 526 g/mol. The fraction of sp³-hybridized carbons (Fsp3) is 0.824. The summed E-state index contributed by atoms with van der Waals surface area (Å²) in [4.78, 5) is 27.4. The van der Waals surface area contributed by atoms with Crippen LogP contribution in [0.3, 0.4) is 0 Å². The molecule has 4 rings (SSSR count). The number of rotatable bonds is 12. The third-order valence-corrected chi connectivity index (χ3v) is 12.2. The molecule has 8 heteroatoms. The minimum Gasteiger partial charge on any atom is -0.393 e. The van der Waals surface area contributed by atoms with Gasteiger partial charge in [0, 0.05) is 17.8 Å². The van der Waals surface area contributed by atoms with Crippen molar-refractivity contribution in [3.05, 3.63) is 22.6 Å². The summed E-state index contributed by atoms with van der Waals surface area (Å²) in [5.74, 6) is 6.48. The van der Waals surface area contributed by atoms with Crippen molar-refractivity contribution >= 4 is 11.8 Å². The first kappa shape index (κ1) is 32.4. The van der Waals surface area contributed by atoms with E-state index in [9.17, 15) is 14.7 Å². The highest BCUT2D eigenvalue weighted by atomic mass is 16.3. The summed E-state index contributed by atoms with van der Waals surface area (Å²) in [6.45, 7) is 7.51. The average molecular weight is 580 g/mol. The van der Waals surface area contributed by atoms with Crippen LogP contribution in [0.4, 0.5) is 0 Å². The Kier molecular flexibility index (Phi) is 11.1. The van der Waals surface area contributed by atoms with Gasteiger partial charge < -0.3 is 15.7 Å². The van der Waals surface area contributed by atoms with Crippen molar-refractivity contribution in [3.8, 4) is 12.3 Å². The Morgan fingerprint density at radius 2 is 1.88 bits per heavy atom. The molecule has 232 valence electrons. The van der Waals surface area contributed by atoms with Crippen LogP contribution in [0.15, 0.2) is 17.3 Å². The van der Waals surface area contributed by atoms with Crippen LogP contribution in [0.1, 0.15) is 111 Å². The summed E-state index contributed by atoms with van der Waals surface area (Å²) in [5, 5.41) is 19.3. The van der Waals surface area contributed by atoms with Crippen molar-refractivity contribution in [2.75, 3.05) is 6.54 Å². The number of terminal acetylenes is 1. The van der Waals surface area contributed by atoms with Crippen LogP contribution in [0.25, 0.3) is 10.4 Å². The van der Waals surface area contributed by atoms with Gasteiger partial charge in [-0.25, -0.2) is 0 Å². The number of carbonyl (C=O) groups is 2. The number of unbranched alkanes of at least 4 members (excludes halogenated alkanes) is 1. The van der Waals surface area contributed by atoms with E-state index >= 15 is 0 Å². The molecule has 0 spiro atoms. The number of allylic oxidation sites excluding steroid dienone is 1. The standard InChI is InChI=1S/C34H53N5O3/c1-5-6-7-11-31(41)37-30(22-36-39-35)38-32(42)12-9-8-10-23(2)27-15-16-28-26-14-13-24-21-25(40)17-19-33(24,3)29(26)18-20-34(27,28)4/h1,9,12,23-30,40H,6-8,10-11,13-22H2,2-4H3,(H,37,41)(H,38,42)/b12-9+/t23-,24-,25-,26+,27-,28+,29+,30?,33+,34-/m1/s1. The fourth-order valence-electron chi connectivity index (χ4n) is 10.0. The maximum atomic E-state index is 12.6. The summed E-state index contributed by atoms with van der Waals surface area (Å²) < 4.78 is 0. The Morgan fingerprint density at radius 1 is 1.12 bits per heavy atom. The molecule has 4 fully saturated rings. The number of amides is 2. The summed E-state index contributed by atoms with van der Waals surface area (Å²) in [5.41, 5.74) is 9.50. The lowest BCUT2D eigenvalue weighted by Gasteiger charge is -2.61. The smallest absolute Gasteiger partial charge is 0.245 e. The maximum Gasteiger partial charge on any atom is 0.245 e. The van der Waals surface area contributed by atoms with Gasteiger partial charge in [0.05, 0.1) is 12.6 Å². The summed E-state index contributed by atoms with van der Waals surface area (Å²) in [6.07, 6.45) is 22.3. The van der Waals surface area contributed by atoms with Crippen LogP contribution in [-0.4, -0.2) is 35.7 Å². The molecule has 42 heavy (non-hydrogen) atoms. The summed E-state index contributed by atoms with van der Waals surface area (Å²) in [6, 6.07) is 0. The fourth-order valence-corrected chi connectivity index (χ4v) is 10.0. The minimum atomic E-state index is -0.753. The monoisotopic (exact) mass is 579 g/mol. The Balaban J connectivity index is 1.27. The van der Waals surface area contributed by atoms with Gasteiger partial charge in [-0.3, -0.25) is 9.59 Å². The van der Waals surface area contributed by atoms with Crippen LogP contribution < -0.4 is 10.6 Å². The highest BCUT2D eigenvalue weighted by molar-refractivity contribution is 5.88. The number of fused-ring (bicyclic) bond motifs is 5. The largest absolute Gasteiger partial charge is 0.393 e. The van der Waals surface area contributed by atoms with E-state index in [1.807, 2.05) is 6.08 Å². The Hall–Kier alpha value is -2.49. The topological polar surface area (TPSA) is 127 Å². The van der Waals surface area contributed by atoms with Crippen LogP contribution >= 0.6 is 0 Å². The number of hydrogen-bond donors (Lipinski definition) is 3. The highest BCUT2D eigenvalue weighted by Gasteiger charge is 2.60. The molecule has 0 bridgehead atoms. The van der Waals surface area contributed by atoms with Crippen LogP contribution in [0, 0.1) is 58.7 Å². The second-order valence-electron chi connectivity index (χ2n) is 14.4. The van der Waals surface area contributed by atoms with Crippen LogP contribution in [0.2, 0.25) is 0 Å². The predicted molar refractivity (Wildman–Crippen MR) is 166 cm³/mol. The SMILES string of the molecule is C#CCCCC(=O)NC(CN=[N+]=[N-])NC(=O)/C=C/CC[C@@H](C)[C@H]1CC[C@H]2[C@@H]3CC[C@@H]4C[C@H](O)CC[C@]4(C)[C@H]3CC[C@]12C. The summed E-state index contributed by atoms with van der Waals surface area (Å²) >= 11 is 0. The quantitative estimate of drug-likeness (QED) is 0.0455. The molecule has 4 aliphatic rings. The van der Waals surface area contributed by atoms with E-state index in [4.69, 9.17) is 12.0 Å². The number of azide groups is 1. The van der Waals surface area contributed by atoms with Crippen LogP contribution in [0.5, 0.6) is 0 Å². The first-order valence-electron chi connectivity index (χ1n) is 16.5. The van der Waals surface area contributed by atoms with Crippen molar-refractivity contribution in [1.29, 1.82) is 0 Å². The Morgan fingerprint density at radius 3 is 2.64 bits per heavy atom. The molecule has 0 saturated heterocycles. The van der Waals surface area contributed by atoms with Crippen molar-refractivity contribution in [2.45, 2.75) is 123 Å². The zero-order valence-electron chi connectivity index (χ0n) is 26.1. The first-order chi connectivity index (χ1) is 20.1. The lowest BCUT2D eigenvalue weighted by atomic mass is 9.44. The molecule has 0 aromatic heterocycles. The Labute approximate surface area is 252 Å². The van der Waals surface area contributed by atoms with Gasteiger partial charge in [0.2, 0.25) is 11.8 Å². The van der Waals surface area contributed by atoms with Crippen LogP contribution in [-0.2, 0) is 9.59 Å². The third kappa shape index (κ3) is 7.17. The van der Waals surface area contributed by atoms with Crippen molar-refractivity contribution in [3.63, 3.8) is 0 Å². The van der Waals surface area contributed by atoms with Crippen molar-refractivity contribution in [1.82, 2.24) is 10.6 Å². The number of hydrogen-bond acceptors (Lipinski definition) is 4. The molecule has 8 nitrogen and oxygen atoms in total. The van der Waals surface area contributed by atoms with E-state index in [-0.39, 0.29) is 30.9 Å². The van der Waals surface area contributed by atoms with E-state index in [0.717, 1.165) is 49.4 Å². The van der Waals surface area contributed by atoms with Gasteiger partial charge >= 0.3 is 0 Å². The molecule has 0 heterocycles. The van der Waals surface area contributed by atoms with Gasteiger partial charge in [-0.2, -0.15) is 0 Å². The van der Waals surface area contributed by atoms with Gasteiger partial charge in [-0.1, -0.05) is 32.0 Å². The normalized spacial score (nSPS) is 36.8. The number of nitrogens with one attached hydrogen (secondary N) is 2. The number of aliphatic hydroxyl groups excluding tert-OH is 1. The maximum absolute atomic E-state index is 12.6. The lowest BCUT2D eigenvalue weighted by Crippen LogP contribution is -2.54. The number of carbonyl (C=O) groups excluding carboxylic acids is 2. The van der Waals surface area contributed by atoms with Crippen molar-refractivity contribution < 1.29 is 14.7 Å². The van der Waals surface area contributed by atoms with E-state index in [1.165, 1.54) is 51.0 Å². The second-order valence-corrected chi connectivity index (χ2v) is 14.4. The zero-order valence-corrected chi connectivity index (χ0v) is 26.1. The first-order valence-corrected chi connectivity index (χ1v) is 16.5. The average Bonchev–Trinajstić information content (AvgIpc) is 3.32. The minimum absolute atomic E-state index is 0.0565. The van der Waals surface area contributed by atoms with E-state index in [0.29, 0.717) is 35.5 Å². The third-order valence-electron chi connectivity index (χ3n) is 12.2. The molecule has 0 aliphatic heterocycles. The molecular formula is C34H53N5O3. The predicted octanol–water partition coefficient (Wildman–Crippen LogP) is 6.65. The van der Waals surface area contributed by atoms with E-state index < -0.39 is 6.17 Å². The molecule has 0 aromatic carbocycles. The van der Waals surface area contributed by atoms with Gasteiger partial charge in [-0.15, -0.1) is 12.3 Å². The number of aliphatic hydroxyl groups is 1. The molecule has 4 aliphatic carbocycles. The van der Waals surface area contributed by atoms with Gasteiger partial charge in [0.1, 0.15) is 6.17 Å². The van der Waals surface area contributed by atoms with E-state index in [2.05, 4.69) is 47.4 Å². The van der Waals surface area contributed by atoms with Gasteiger partial charge in [-0.05, 0) is 135 Å². The van der Waals surface area contributed by atoms with Gasteiger partial charge in [0.25, 0.3) is 0 Å². The highest BCUT2D eigenvalue weighted by Crippen LogP contribution is 2.68. The van der Waals surface area contributed by atoms with Crippen molar-refractivity contribution in [2.24, 2.45) is 51.5 Å². The second kappa shape index (κ2) is 14.3. The molecule has 3 N–H and O–H groups in total. The molecule has 10 atom stereocenters. The molecule has 0 aromatic rings. The lowest BCUT2D eigenvalue weighted by molar-refractivity contribution is -0.129. The molecule has 0 radical (unpaired) electrons. The number of nitrogens with zero attached hydrogens (tertiary/aromatic N) is 3. The van der Waals surface area contributed by atoms with E-state index in [1.54, 1.807) is 0 Å².